The summed E-state index contributed by atoms with van der Waals surface area (Å²) < 4.78 is 12.8. The highest BCUT2D eigenvalue weighted by Gasteiger charge is 2.34. The molecular weight excluding hydrogens is 177 g/mol. The molecule has 1 heterocycles. The summed E-state index contributed by atoms with van der Waals surface area (Å²) in [5.41, 5.74) is 1.37. The van der Waals surface area contributed by atoms with E-state index in [1.165, 1.54) is 5.56 Å². The smallest absolute Gasteiger partial charge is 0.123 e. The fourth-order valence-corrected chi connectivity index (χ4v) is 2.30. The Morgan fingerprint density at radius 3 is 2.43 bits per heavy atom. The van der Waals surface area contributed by atoms with Crippen molar-refractivity contribution in [3.63, 3.8) is 0 Å². The summed E-state index contributed by atoms with van der Waals surface area (Å²) in [5.74, 6) is 0.348. The van der Waals surface area contributed by atoms with Crippen LogP contribution in [0, 0.1) is 5.82 Å². The predicted molar refractivity (Wildman–Crippen MR) is 55.8 cm³/mol. The molecule has 1 atom stereocenters. The second-order valence-electron chi connectivity index (χ2n) is 4.54. The monoisotopic (exact) mass is 193 g/mol. The van der Waals surface area contributed by atoms with E-state index in [2.05, 4.69) is 19.2 Å². The van der Waals surface area contributed by atoms with Gasteiger partial charge in [-0.05, 0) is 44.5 Å². The van der Waals surface area contributed by atoms with E-state index in [-0.39, 0.29) is 11.4 Å². The third kappa shape index (κ3) is 1.67. The molecule has 1 aromatic rings. The maximum absolute atomic E-state index is 12.8. The number of halogens is 1. The van der Waals surface area contributed by atoms with E-state index >= 15 is 0 Å². The van der Waals surface area contributed by atoms with E-state index in [0.717, 1.165) is 13.0 Å². The van der Waals surface area contributed by atoms with E-state index < -0.39 is 0 Å². The van der Waals surface area contributed by atoms with Crippen LogP contribution in [0.4, 0.5) is 4.39 Å². The highest BCUT2D eigenvalue weighted by molar-refractivity contribution is 5.25. The molecule has 76 valence electrons. The van der Waals surface area contributed by atoms with Crippen molar-refractivity contribution in [2.75, 3.05) is 6.54 Å². The van der Waals surface area contributed by atoms with E-state index in [1.807, 2.05) is 12.1 Å². The van der Waals surface area contributed by atoms with Gasteiger partial charge in [-0.3, -0.25) is 0 Å². The topological polar surface area (TPSA) is 12.0 Å². The molecule has 14 heavy (non-hydrogen) atoms. The lowest BCUT2D eigenvalue weighted by molar-refractivity contribution is 0.410. The van der Waals surface area contributed by atoms with Gasteiger partial charge in [0.25, 0.3) is 0 Å². The summed E-state index contributed by atoms with van der Waals surface area (Å²) >= 11 is 0. The van der Waals surface area contributed by atoms with Crippen LogP contribution in [0.5, 0.6) is 0 Å². The Kier molecular flexibility index (Phi) is 2.31. The molecule has 2 rings (SSSR count). The zero-order valence-corrected chi connectivity index (χ0v) is 8.68. The van der Waals surface area contributed by atoms with Gasteiger partial charge in [0.05, 0.1) is 0 Å². The van der Waals surface area contributed by atoms with E-state index in [9.17, 15) is 4.39 Å². The van der Waals surface area contributed by atoms with Gasteiger partial charge in [-0.2, -0.15) is 0 Å². The van der Waals surface area contributed by atoms with Gasteiger partial charge in [0.15, 0.2) is 0 Å². The van der Waals surface area contributed by atoms with E-state index in [4.69, 9.17) is 0 Å². The molecule has 1 N–H and O–H groups in total. The van der Waals surface area contributed by atoms with Gasteiger partial charge in [-0.1, -0.05) is 12.1 Å². The number of hydrogen-bond acceptors (Lipinski definition) is 1. The van der Waals surface area contributed by atoms with Gasteiger partial charge in [0, 0.05) is 11.5 Å². The largest absolute Gasteiger partial charge is 0.311 e. The average Bonchev–Trinajstić information content (AvgIpc) is 2.47. The van der Waals surface area contributed by atoms with E-state index in [0.29, 0.717) is 5.92 Å². The minimum atomic E-state index is -0.155. The van der Waals surface area contributed by atoms with Crippen LogP contribution in [0.25, 0.3) is 0 Å². The molecule has 1 saturated heterocycles. The van der Waals surface area contributed by atoms with Gasteiger partial charge >= 0.3 is 0 Å². The average molecular weight is 193 g/mol. The van der Waals surface area contributed by atoms with Crippen LogP contribution in [-0.4, -0.2) is 12.1 Å². The fraction of sp³-hybridized carbons (Fsp3) is 0.500. The third-order valence-corrected chi connectivity index (χ3v) is 3.16. The predicted octanol–water partition coefficient (Wildman–Crippen LogP) is 2.68. The van der Waals surface area contributed by atoms with Crippen LogP contribution in [0.2, 0.25) is 0 Å². The number of benzene rings is 1. The first-order chi connectivity index (χ1) is 6.59. The Labute approximate surface area is 84.3 Å². The van der Waals surface area contributed by atoms with Crippen molar-refractivity contribution in [3.05, 3.63) is 35.6 Å². The van der Waals surface area contributed by atoms with Crippen LogP contribution < -0.4 is 5.32 Å². The van der Waals surface area contributed by atoms with E-state index in [1.54, 1.807) is 12.1 Å². The SMILES string of the molecule is CC1(C)NCC[C@@H]1c1ccc(F)cc1. The van der Waals surface area contributed by atoms with Crippen molar-refractivity contribution in [3.8, 4) is 0 Å². The van der Waals surface area contributed by atoms with Crippen LogP contribution in [0.15, 0.2) is 24.3 Å². The zero-order chi connectivity index (χ0) is 10.2. The van der Waals surface area contributed by atoms with Crippen molar-refractivity contribution in [2.24, 2.45) is 0 Å². The van der Waals surface area contributed by atoms with Gasteiger partial charge in [0.1, 0.15) is 5.82 Å². The summed E-state index contributed by atoms with van der Waals surface area (Å²) in [5, 5.41) is 3.47. The van der Waals surface area contributed by atoms with Gasteiger partial charge < -0.3 is 5.32 Å². The van der Waals surface area contributed by atoms with Gasteiger partial charge in [-0.25, -0.2) is 4.39 Å². The Balaban J connectivity index is 2.27. The lowest BCUT2D eigenvalue weighted by atomic mass is 9.83. The molecule has 1 nitrogen and oxygen atoms in total. The highest BCUT2D eigenvalue weighted by atomic mass is 19.1. The molecule has 0 saturated carbocycles. The molecule has 1 fully saturated rings. The van der Waals surface area contributed by atoms with Crippen molar-refractivity contribution < 1.29 is 4.39 Å². The minimum Gasteiger partial charge on any atom is -0.311 e. The van der Waals surface area contributed by atoms with Gasteiger partial charge in [-0.15, -0.1) is 0 Å². The first-order valence-corrected chi connectivity index (χ1v) is 5.10. The van der Waals surface area contributed by atoms with Crippen LogP contribution >= 0.6 is 0 Å². The molecule has 0 amide bonds. The summed E-state index contributed by atoms with van der Waals surface area (Å²) in [7, 11) is 0. The molecule has 0 aliphatic carbocycles. The minimum absolute atomic E-state index is 0.137. The maximum Gasteiger partial charge on any atom is 0.123 e. The molecular formula is C12H16FN. The van der Waals surface area contributed by atoms with Crippen molar-refractivity contribution in [1.82, 2.24) is 5.32 Å². The van der Waals surface area contributed by atoms with Gasteiger partial charge in [0.2, 0.25) is 0 Å². The second kappa shape index (κ2) is 3.35. The normalized spacial score (nSPS) is 25.2. The number of hydrogen-bond donors (Lipinski definition) is 1. The molecule has 0 spiro atoms. The molecule has 1 aliphatic rings. The standard InChI is InChI=1S/C12H16FN/c1-12(2)11(7-8-14-12)9-3-5-10(13)6-4-9/h3-6,11,14H,7-8H2,1-2H3/t11-/m1/s1. The summed E-state index contributed by atoms with van der Waals surface area (Å²) in [6, 6.07) is 6.89. The molecule has 0 aromatic heterocycles. The number of nitrogens with one attached hydrogen (secondary N) is 1. The lowest BCUT2D eigenvalue weighted by Gasteiger charge is -2.27. The first-order valence-electron chi connectivity index (χ1n) is 5.10. The molecule has 0 unspecified atom stereocenters. The summed E-state index contributed by atoms with van der Waals surface area (Å²) in [4.78, 5) is 0. The Morgan fingerprint density at radius 1 is 1.29 bits per heavy atom. The maximum atomic E-state index is 12.8. The van der Waals surface area contributed by atoms with Crippen molar-refractivity contribution >= 4 is 0 Å². The first kappa shape index (κ1) is 9.66. The Morgan fingerprint density at radius 2 is 1.93 bits per heavy atom. The van der Waals surface area contributed by atoms with Crippen molar-refractivity contribution in [2.45, 2.75) is 31.7 Å². The molecule has 0 bridgehead atoms. The fourth-order valence-electron chi connectivity index (χ4n) is 2.30. The summed E-state index contributed by atoms with van der Waals surface area (Å²) in [6.07, 6.45) is 1.14. The Hall–Kier alpha value is -0.890. The molecule has 2 heteroatoms. The Bertz CT molecular complexity index is 316. The summed E-state index contributed by atoms with van der Waals surface area (Å²) in [6.45, 7) is 5.46. The highest BCUT2D eigenvalue weighted by Crippen LogP contribution is 2.35. The number of rotatable bonds is 1. The third-order valence-electron chi connectivity index (χ3n) is 3.16. The zero-order valence-electron chi connectivity index (χ0n) is 8.68. The van der Waals surface area contributed by atoms with Crippen molar-refractivity contribution in [1.29, 1.82) is 0 Å². The lowest BCUT2D eigenvalue weighted by Crippen LogP contribution is -2.36. The van der Waals surface area contributed by atoms with Crippen LogP contribution in [-0.2, 0) is 0 Å². The quantitative estimate of drug-likeness (QED) is 0.723. The van der Waals surface area contributed by atoms with Crippen LogP contribution in [0.3, 0.4) is 0 Å². The van der Waals surface area contributed by atoms with Crippen LogP contribution in [0.1, 0.15) is 31.7 Å². The molecule has 1 aromatic carbocycles. The second-order valence-corrected chi connectivity index (χ2v) is 4.54. The molecule has 0 radical (unpaired) electrons. The molecule has 1 aliphatic heterocycles.